The van der Waals surface area contributed by atoms with Gasteiger partial charge in [-0.25, -0.2) is 17.6 Å². The summed E-state index contributed by atoms with van der Waals surface area (Å²) < 4.78 is 61.4. The monoisotopic (exact) mass is 734 g/mol. The number of nitrogens with zero attached hydrogens (tertiary/aromatic N) is 1. The lowest BCUT2D eigenvalue weighted by Crippen LogP contribution is -2.23. The zero-order valence-corrected chi connectivity index (χ0v) is 32.9. The summed E-state index contributed by atoms with van der Waals surface area (Å²) in [6.07, 6.45) is 24.0. The van der Waals surface area contributed by atoms with Crippen LogP contribution in [0.4, 0.5) is 17.6 Å². The van der Waals surface area contributed by atoms with Crippen LogP contribution >= 0.6 is 0 Å². The first-order valence-corrected chi connectivity index (χ1v) is 20.3. The summed E-state index contributed by atoms with van der Waals surface area (Å²) in [6.45, 7) is 6.09. The molecule has 0 spiro atoms. The molecule has 2 N–H and O–H groups in total. The minimum Gasteiger partial charge on any atom is -0.378 e. The second kappa shape index (κ2) is 32.7. The molecule has 0 saturated heterocycles. The molecule has 0 aliphatic rings. The molecule has 300 valence electrons. The summed E-state index contributed by atoms with van der Waals surface area (Å²) in [5.74, 6) is -5.80. The Morgan fingerprint density at radius 2 is 1.04 bits per heavy atom. The number of ether oxygens (including phenoxy) is 1. The highest BCUT2D eigenvalue weighted by Gasteiger charge is 2.24. The Bertz CT molecular complexity index is 837. The van der Waals surface area contributed by atoms with E-state index in [1.54, 1.807) is 0 Å². The van der Waals surface area contributed by atoms with Crippen molar-refractivity contribution in [2.45, 2.75) is 186 Å². The Morgan fingerprint density at radius 3 is 1.47 bits per heavy atom. The Labute approximate surface area is 309 Å². The molecular weight excluding hydrogens is 658 g/mol. The van der Waals surface area contributed by atoms with Crippen molar-refractivity contribution in [1.29, 1.82) is 0 Å². The van der Waals surface area contributed by atoms with Gasteiger partial charge in [0.1, 0.15) is 0 Å². The Kier molecular flexibility index (Phi) is 31.4. The van der Waals surface area contributed by atoms with E-state index in [2.05, 4.69) is 29.6 Å². The number of carbonyl (C=O) groups excluding carboxylic acids is 2. The van der Waals surface area contributed by atoms with Crippen molar-refractivity contribution in [3.8, 4) is 0 Å². The summed E-state index contributed by atoms with van der Waals surface area (Å²) in [5.41, 5.74) is 0. The van der Waals surface area contributed by atoms with Gasteiger partial charge in [0.05, 0.1) is 6.10 Å². The largest absolute Gasteiger partial charge is 0.378 e. The second-order valence-corrected chi connectivity index (χ2v) is 14.5. The molecule has 0 unspecified atom stereocenters. The van der Waals surface area contributed by atoms with Gasteiger partial charge in [-0.2, -0.15) is 0 Å². The molecule has 0 bridgehead atoms. The van der Waals surface area contributed by atoms with Crippen molar-refractivity contribution in [3.63, 3.8) is 0 Å². The first kappa shape index (κ1) is 49.1. The number of nitrogens with one attached hydrogen (secondary N) is 2. The SMILES string of the molecule is CCCCCC(F)(F)/C=C\CNC(=O)CCCCCCCC(CCCCCCCC(=O)NC/C=C\C(F)(F)CCCCC)OCCCCN(C)C. The van der Waals surface area contributed by atoms with Crippen LogP contribution in [0.3, 0.4) is 0 Å². The Balaban J connectivity index is 4.17. The Morgan fingerprint density at radius 1 is 0.608 bits per heavy atom. The van der Waals surface area contributed by atoms with Gasteiger partial charge < -0.3 is 20.3 Å². The Hall–Kier alpha value is -1.94. The van der Waals surface area contributed by atoms with Crippen LogP contribution in [-0.4, -0.2) is 75.0 Å². The van der Waals surface area contributed by atoms with Crippen molar-refractivity contribution in [2.75, 3.05) is 40.3 Å². The summed E-state index contributed by atoms with van der Waals surface area (Å²) in [5, 5.41) is 5.43. The van der Waals surface area contributed by atoms with Crippen LogP contribution in [0.2, 0.25) is 0 Å². The lowest BCUT2D eigenvalue weighted by atomic mass is 10.0. The van der Waals surface area contributed by atoms with E-state index in [-0.39, 0.29) is 43.8 Å². The van der Waals surface area contributed by atoms with Crippen molar-refractivity contribution in [2.24, 2.45) is 0 Å². The molecule has 0 aliphatic heterocycles. The highest BCUT2D eigenvalue weighted by atomic mass is 19.3. The van der Waals surface area contributed by atoms with E-state index in [9.17, 15) is 27.2 Å². The normalized spacial score (nSPS) is 12.6. The average molecular weight is 734 g/mol. The maximum absolute atomic E-state index is 13.8. The summed E-state index contributed by atoms with van der Waals surface area (Å²) in [7, 11) is 4.16. The zero-order valence-electron chi connectivity index (χ0n) is 32.9. The van der Waals surface area contributed by atoms with Crippen molar-refractivity contribution >= 4 is 11.8 Å². The lowest BCUT2D eigenvalue weighted by molar-refractivity contribution is -0.121. The predicted octanol–water partition coefficient (Wildman–Crippen LogP) is 11.0. The number of allylic oxidation sites excluding steroid dienone is 2. The molecule has 0 heterocycles. The first-order chi connectivity index (χ1) is 24.4. The van der Waals surface area contributed by atoms with Gasteiger partial charge in [0.2, 0.25) is 11.8 Å². The fourth-order valence-electron chi connectivity index (χ4n) is 5.84. The molecule has 2 amide bonds. The van der Waals surface area contributed by atoms with Gasteiger partial charge in [-0.05, 0) is 84.2 Å². The third-order valence-corrected chi connectivity index (χ3v) is 9.00. The van der Waals surface area contributed by atoms with Gasteiger partial charge in [-0.15, -0.1) is 0 Å². The van der Waals surface area contributed by atoms with E-state index >= 15 is 0 Å². The van der Waals surface area contributed by atoms with Crippen LogP contribution in [0.25, 0.3) is 0 Å². The number of alkyl halides is 4. The number of halogens is 4. The number of hydrogen-bond acceptors (Lipinski definition) is 4. The maximum atomic E-state index is 13.8. The lowest BCUT2D eigenvalue weighted by Gasteiger charge is -2.18. The van der Waals surface area contributed by atoms with E-state index in [4.69, 9.17) is 4.74 Å². The fraction of sp³-hybridized carbons (Fsp3) is 0.854. The van der Waals surface area contributed by atoms with Crippen molar-refractivity contribution in [3.05, 3.63) is 24.3 Å². The molecule has 0 rings (SSSR count). The number of amides is 2. The van der Waals surface area contributed by atoms with Gasteiger partial charge in [-0.3, -0.25) is 9.59 Å². The van der Waals surface area contributed by atoms with E-state index in [1.807, 2.05) is 13.8 Å². The molecule has 0 fully saturated rings. The smallest absolute Gasteiger partial charge is 0.266 e. The highest BCUT2D eigenvalue weighted by molar-refractivity contribution is 5.76. The summed E-state index contributed by atoms with van der Waals surface area (Å²) in [4.78, 5) is 26.3. The quantitative estimate of drug-likeness (QED) is 0.0382. The third kappa shape index (κ3) is 34.9. The molecule has 0 aromatic heterocycles. The first-order valence-electron chi connectivity index (χ1n) is 20.3. The molecule has 0 aromatic rings. The van der Waals surface area contributed by atoms with E-state index in [0.717, 1.165) is 141 Å². The number of unbranched alkanes of at least 4 members (excludes halogenated alkanes) is 13. The van der Waals surface area contributed by atoms with E-state index in [0.29, 0.717) is 25.7 Å². The average Bonchev–Trinajstić information content (AvgIpc) is 3.07. The van der Waals surface area contributed by atoms with Crippen LogP contribution in [0.5, 0.6) is 0 Å². The maximum Gasteiger partial charge on any atom is 0.266 e. The number of rotatable bonds is 36. The second-order valence-electron chi connectivity index (χ2n) is 14.5. The minimum atomic E-state index is -2.81. The summed E-state index contributed by atoms with van der Waals surface area (Å²) >= 11 is 0. The number of hydrogen-bond donors (Lipinski definition) is 2. The predicted molar refractivity (Wildman–Crippen MR) is 205 cm³/mol. The van der Waals surface area contributed by atoms with Gasteiger partial charge >= 0.3 is 0 Å². The molecule has 0 aromatic carbocycles. The standard InChI is InChI=1S/C41H75F4N3O3/c1-5-7-19-29-40(42,43)31-23-33-46-38(49)27-17-13-9-11-15-25-37(51-36-22-21-35-48(3)4)26-16-12-10-14-18-28-39(50)47-34-24-32-41(44,45)30-20-8-6-2/h23-24,31-32,37H,5-22,25-30,33-36H2,1-4H3,(H,46,49)(H,47,50)/b31-23-,32-24-. The molecule has 0 saturated carbocycles. The van der Waals surface area contributed by atoms with E-state index in [1.165, 1.54) is 12.2 Å². The fourth-order valence-corrected chi connectivity index (χ4v) is 5.84. The van der Waals surface area contributed by atoms with Gasteiger partial charge in [0, 0.05) is 45.4 Å². The summed E-state index contributed by atoms with van der Waals surface area (Å²) in [6, 6.07) is 0. The molecule has 6 nitrogen and oxygen atoms in total. The molecule has 10 heteroatoms. The number of carbonyl (C=O) groups is 2. The van der Waals surface area contributed by atoms with Crippen LogP contribution in [0, 0.1) is 0 Å². The molecule has 0 radical (unpaired) electrons. The van der Waals surface area contributed by atoms with Gasteiger partial charge in [0.25, 0.3) is 11.8 Å². The van der Waals surface area contributed by atoms with Crippen LogP contribution in [0.1, 0.15) is 168 Å². The third-order valence-electron chi connectivity index (χ3n) is 9.00. The van der Waals surface area contributed by atoms with Crippen molar-refractivity contribution < 1.29 is 31.9 Å². The van der Waals surface area contributed by atoms with Crippen LogP contribution in [-0.2, 0) is 14.3 Å². The van der Waals surface area contributed by atoms with Crippen LogP contribution in [0.15, 0.2) is 24.3 Å². The minimum absolute atomic E-state index is 0.0918. The van der Waals surface area contributed by atoms with E-state index < -0.39 is 11.8 Å². The molecule has 0 atom stereocenters. The highest BCUT2D eigenvalue weighted by Crippen LogP contribution is 2.24. The van der Waals surface area contributed by atoms with Gasteiger partial charge in [0.15, 0.2) is 0 Å². The van der Waals surface area contributed by atoms with Crippen LogP contribution < -0.4 is 10.6 Å². The van der Waals surface area contributed by atoms with Crippen molar-refractivity contribution in [1.82, 2.24) is 15.5 Å². The molecule has 0 aliphatic carbocycles. The molecular formula is C41H75F4N3O3. The molecule has 51 heavy (non-hydrogen) atoms. The van der Waals surface area contributed by atoms with Gasteiger partial charge in [-0.1, -0.05) is 103 Å². The zero-order chi connectivity index (χ0) is 38.1. The topological polar surface area (TPSA) is 70.7 Å².